The summed E-state index contributed by atoms with van der Waals surface area (Å²) in [6.07, 6.45) is -4.12. The zero-order chi connectivity index (χ0) is 12.0. The molecule has 1 aliphatic rings. The molecule has 0 spiro atoms. The summed E-state index contributed by atoms with van der Waals surface area (Å²) in [7, 11) is 0. The van der Waals surface area contributed by atoms with Gasteiger partial charge < -0.3 is 5.32 Å². The molecule has 0 aromatic heterocycles. The molecule has 1 heterocycles. The Morgan fingerprint density at radius 2 is 2.00 bits per heavy atom. The van der Waals surface area contributed by atoms with Gasteiger partial charge >= 0.3 is 6.18 Å². The number of nitrogens with one attached hydrogen (secondary N) is 1. The van der Waals surface area contributed by atoms with Gasteiger partial charge in [0.2, 0.25) is 5.91 Å². The Kier molecular flexibility index (Phi) is 2.22. The third kappa shape index (κ3) is 1.77. The Bertz CT molecular complexity index is 431. The van der Waals surface area contributed by atoms with Crippen LogP contribution in [-0.4, -0.2) is 5.91 Å². The second kappa shape index (κ2) is 3.23. The van der Waals surface area contributed by atoms with Crippen molar-refractivity contribution in [1.29, 1.82) is 0 Å². The highest BCUT2D eigenvalue weighted by atomic mass is 19.4. The Morgan fingerprint density at radius 3 is 2.50 bits per heavy atom. The summed E-state index contributed by atoms with van der Waals surface area (Å²) in [6, 6.07) is 5.05. The van der Waals surface area contributed by atoms with Crippen LogP contribution in [0, 0.1) is 0 Å². The maximum atomic E-state index is 12.5. The molecule has 1 aromatic carbocycles. The van der Waals surface area contributed by atoms with E-state index in [9.17, 15) is 18.0 Å². The number of benzene rings is 1. The van der Waals surface area contributed by atoms with Crippen molar-refractivity contribution in [1.82, 2.24) is 5.32 Å². The molecule has 86 valence electrons. The first kappa shape index (κ1) is 11.0. The number of alkyl halides is 3. The highest BCUT2D eigenvalue weighted by Gasteiger charge is 2.41. The highest BCUT2D eigenvalue weighted by molar-refractivity contribution is 5.85. The molecule has 1 saturated heterocycles. The molecule has 5 heteroatoms. The molecule has 2 nitrogen and oxygen atoms in total. The van der Waals surface area contributed by atoms with Crippen molar-refractivity contribution in [2.24, 2.45) is 0 Å². The minimum atomic E-state index is -4.35. The van der Waals surface area contributed by atoms with Crippen LogP contribution in [0.3, 0.4) is 0 Å². The average molecular weight is 229 g/mol. The lowest BCUT2D eigenvalue weighted by molar-refractivity contribution is -0.137. The largest absolute Gasteiger partial charge is 0.416 e. The number of β-lactam (4-membered cyclic amide) rings is 1. The summed E-state index contributed by atoms with van der Waals surface area (Å²) in [5.74, 6) is -0.139. The zero-order valence-corrected chi connectivity index (χ0v) is 8.56. The second-order valence-corrected chi connectivity index (χ2v) is 4.14. The van der Waals surface area contributed by atoms with E-state index in [1.807, 2.05) is 0 Å². The quantitative estimate of drug-likeness (QED) is 0.736. The molecular formula is C11H10F3NO. The Morgan fingerprint density at radius 1 is 1.38 bits per heavy atom. The normalized spacial score (nSPS) is 24.9. The van der Waals surface area contributed by atoms with E-state index in [0.717, 1.165) is 12.1 Å². The summed E-state index contributed by atoms with van der Waals surface area (Å²) in [4.78, 5) is 10.8. The molecule has 1 fully saturated rings. The van der Waals surface area contributed by atoms with Crippen molar-refractivity contribution >= 4 is 5.91 Å². The third-order valence-electron chi connectivity index (χ3n) is 2.76. The van der Waals surface area contributed by atoms with Crippen LogP contribution in [0.5, 0.6) is 0 Å². The highest BCUT2D eigenvalue weighted by Crippen LogP contribution is 2.35. The summed E-state index contributed by atoms with van der Waals surface area (Å²) in [6.45, 7) is 1.71. The number of carbonyl (C=O) groups excluding carboxylic acids is 1. The molecule has 0 bridgehead atoms. The van der Waals surface area contributed by atoms with E-state index in [1.165, 1.54) is 6.07 Å². The molecule has 1 aromatic rings. The van der Waals surface area contributed by atoms with Gasteiger partial charge in [0.1, 0.15) is 0 Å². The lowest BCUT2D eigenvalue weighted by Gasteiger charge is -2.39. The average Bonchev–Trinajstić information content (AvgIpc) is 2.14. The number of amides is 1. The van der Waals surface area contributed by atoms with Crippen molar-refractivity contribution in [2.75, 3.05) is 0 Å². The maximum Gasteiger partial charge on any atom is 0.416 e. The molecule has 1 amide bonds. The minimum Gasteiger partial charge on any atom is -0.346 e. The van der Waals surface area contributed by atoms with Crippen LogP contribution in [0.25, 0.3) is 0 Å². The van der Waals surface area contributed by atoms with Gasteiger partial charge in [-0.25, -0.2) is 0 Å². The topological polar surface area (TPSA) is 29.1 Å². The molecule has 1 N–H and O–H groups in total. The predicted octanol–water partition coefficient (Wildman–Crippen LogP) is 2.44. The van der Waals surface area contributed by atoms with E-state index >= 15 is 0 Å². The van der Waals surface area contributed by atoms with E-state index in [0.29, 0.717) is 5.56 Å². The summed E-state index contributed by atoms with van der Waals surface area (Å²) < 4.78 is 37.4. The molecule has 0 radical (unpaired) electrons. The smallest absolute Gasteiger partial charge is 0.346 e. The van der Waals surface area contributed by atoms with E-state index in [1.54, 1.807) is 13.0 Å². The standard InChI is InChI=1S/C11H10F3NO/c1-10(6-9(16)15-10)7-3-2-4-8(5-7)11(12,13)14/h2-5H,6H2,1H3,(H,15,16). The van der Waals surface area contributed by atoms with Crippen LogP contribution in [-0.2, 0) is 16.5 Å². The van der Waals surface area contributed by atoms with Crippen molar-refractivity contribution in [3.8, 4) is 0 Å². The number of halogens is 3. The number of carbonyl (C=O) groups is 1. The fourth-order valence-corrected chi connectivity index (χ4v) is 1.82. The molecule has 0 saturated carbocycles. The summed E-state index contributed by atoms with van der Waals surface area (Å²) in [5.41, 5.74) is -0.854. The molecule has 0 aliphatic carbocycles. The molecular weight excluding hydrogens is 219 g/mol. The fourth-order valence-electron chi connectivity index (χ4n) is 1.82. The van der Waals surface area contributed by atoms with Crippen LogP contribution in [0.2, 0.25) is 0 Å². The van der Waals surface area contributed by atoms with E-state index in [4.69, 9.17) is 0 Å². The molecule has 2 rings (SSSR count). The van der Waals surface area contributed by atoms with Gasteiger partial charge in [0.25, 0.3) is 0 Å². The Labute approximate surface area is 90.5 Å². The van der Waals surface area contributed by atoms with Crippen LogP contribution in [0.15, 0.2) is 24.3 Å². The van der Waals surface area contributed by atoms with Gasteiger partial charge in [-0.15, -0.1) is 0 Å². The number of hydrogen-bond acceptors (Lipinski definition) is 1. The lowest BCUT2D eigenvalue weighted by atomic mass is 9.81. The van der Waals surface area contributed by atoms with Gasteiger partial charge in [0.05, 0.1) is 17.5 Å². The lowest BCUT2D eigenvalue weighted by Crippen LogP contribution is -2.56. The number of hydrogen-bond donors (Lipinski definition) is 1. The van der Waals surface area contributed by atoms with Crippen molar-refractivity contribution in [2.45, 2.75) is 25.1 Å². The van der Waals surface area contributed by atoms with Crippen LogP contribution >= 0.6 is 0 Å². The predicted molar refractivity (Wildman–Crippen MR) is 51.6 cm³/mol. The third-order valence-corrected chi connectivity index (χ3v) is 2.76. The summed E-state index contributed by atoms with van der Waals surface area (Å²) in [5, 5.41) is 2.61. The van der Waals surface area contributed by atoms with Gasteiger partial charge in [-0.3, -0.25) is 4.79 Å². The second-order valence-electron chi connectivity index (χ2n) is 4.14. The van der Waals surface area contributed by atoms with Gasteiger partial charge in [-0.2, -0.15) is 13.2 Å². The minimum absolute atomic E-state index is 0.139. The van der Waals surface area contributed by atoms with E-state index in [2.05, 4.69) is 5.32 Å². The monoisotopic (exact) mass is 229 g/mol. The zero-order valence-electron chi connectivity index (χ0n) is 8.56. The molecule has 1 unspecified atom stereocenters. The maximum absolute atomic E-state index is 12.5. The molecule has 16 heavy (non-hydrogen) atoms. The van der Waals surface area contributed by atoms with Crippen LogP contribution < -0.4 is 5.32 Å². The van der Waals surface area contributed by atoms with E-state index in [-0.39, 0.29) is 12.3 Å². The first-order chi connectivity index (χ1) is 7.31. The van der Waals surface area contributed by atoms with Crippen LogP contribution in [0.1, 0.15) is 24.5 Å². The molecule has 1 atom stereocenters. The van der Waals surface area contributed by atoms with Gasteiger partial charge in [-0.1, -0.05) is 12.1 Å². The first-order valence-corrected chi connectivity index (χ1v) is 4.80. The number of rotatable bonds is 1. The SMILES string of the molecule is CC1(c2cccc(C(F)(F)F)c2)CC(=O)N1. The fraction of sp³-hybridized carbons (Fsp3) is 0.364. The van der Waals surface area contributed by atoms with Crippen molar-refractivity contribution < 1.29 is 18.0 Å². The van der Waals surface area contributed by atoms with Crippen molar-refractivity contribution in [3.05, 3.63) is 35.4 Å². The first-order valence-electron chi connectivity index (χ1n) is 4.80. The van der Waals surface area contributed by atoms with E-state index < -0.39 is 17.3 Å². The van der Waals surface area contributed by atoms with Gasteiger partial charge in [-0.05, 0) is 24.6 Å². The van der Waals surface area contributed by atoms with Gasteiger partial charge in [0.15, 0.2) is 0 Å². The Hall–Kier alpha value is -1.52. The van der Waals surface area contributed by atoms with Crippen molar-refractivity contribution in [3.63, 3.8) is 0 Å². The molecule has 1 aliphatic heterocycles. The summed E-state index contributed by atoms with van der Waals surface area (Å²) >= 11 is 0. The van der Waals surface area contributed by atoms with Crippen LogP contribution in [0.4, 0.5) is 13.2 Å². The Balaban J connectivity index is 2.33. The van der Waals surface area contributed by atoms with Gasteiger partial charge in [0, 0.05) is 0 Å².